The minimum atomic E-state index is -0.206. The summed E-state index contributed by atoms with van der Waals surface area (Å²) >= 11 is 0. The molecule has 0 saturated heterocycles. The summed E-state index contributed by atoms with van der Waals surface area (Å²) < 4.78 is 5.08. The van der Waals surface area contributed by atoms with Crippen LogP contribution >= 0.6 is 0 Å². The average molecular weight is 190 g/mol. The molecule has 0 amide bonds. The maximum atomic E-state index is 11.0. The van der Waals surface area contributed by atoms with Crippen LogP contribution in [-0.4, -0.2) is 5.97 Å². The fraction of sp³-hybridized carbons (Fsp3) is 0.250. The molecule has 0 spiro atoms. The van der Waals surface area contributed by atoms with E-state index in [1.54, 1.807) is 13.0 Å². The van der Waals surface area contributed by atoms with Crippen molar-refractivity contribution in [2.45, 2.75) is 20.3 Å². The number of carbonyl (C=O) groups excluding carboxylic acids is 1. The normalized spacial score (nSPS) is 10.4. The van der Waals surface area contributed by atoms with E-state index >= 15 is 0 Å². The van der Waals surface area contributed by atoms with E-state index in [0.29, 0.717) is 12.2 Å². The Labute approximate surface area is 84.2 Å². The van der Waals surface area contributed by atoms with Crippen molar-refractivity contribution in [3.8, 4) is 5.75 Å². The van der Waals surface area contributed by atoms with Gasteiger partial charge in [0, 0.05) is 6.42 Å². The van der Waals surface area contributed by atoms with E-state index in [2.05, 4.69) is 0 Å². The Morgan fingerprint density at radius 2 is 2.29 bits per heavy atom. The number of allylic oxidation sites excluding steroid dienone is 1. The molecule has 1 rings (SSSR count). The fourth-order valence-corrected chi connectivity index (χ4v) is 1.08. The summed E-state index contributed by atoms with van der Waals surface area (Å²) in [6, 6.07) is 7.45. The zero-order chi connectivity index (χ0) is 10.4. The number of hydrogen-bond acceptors (Lipinski definition) is 2. The van der Waals surface area contributed by atoms with Crippen LogP contribution in [-0.2, 0) is 4.79 Å². The van der Waals surface area contributed by atoms with Crippen molar-refractivity contribution >= 4 is 12.0 Å². The van der Waals surface area contributed by atoms with Gasteiger partial charge in [0.1, 0.15) is 5.75 Å². The Hall–Kier alpha value is -1.57. The van der Waals surface area contributed by atoms with Crippen molar-refractivity contribution < 1.29 is 9.53 Å². The van der Waals surface area contributed by atoms with Crippen LogP contribution in [0.2, 0.25) is 0 Å². The molecule has 1 aromatic rings. The molecule has 0 aliphatic heterocycles. The first-order chi connectivity index (χ1) is 6.76. The Morgan fingerprint density at radius 1 is 1.50 bits per heavy atom. The van der Waals surface area contributed by atoms with Crippen LogP contribution in [0.1, 0.15) is 25.8 Å². The minimum absolute atomic E-state index is 0.206. The second-order valence-corrected chi connectivity index (χ2v) is 2.90. The number of hydrogen-bond donors (Lipinski definition) is 0. The van der Waals surface area contributed by atoms with Gasteiger partial charge in [-0.2, -0.15) is 0 Å². The first-order valence-corrected chi connectivity index (χ1v) is 4.69. The highest BCUT2D eigenvalue weighted by Crippen LogP contribution is 2.14. The maximum Gasteiger partial charge on any atom is 0.310 e. The van der Waals surface area contributed by atoms with Crippen molar-refractivity contribution in [2.24, 2.45) is 0 Å². The van der Waals surface area contributed by atoms with E-state index in [9.17, 15) is 4.79 Å². The zero-order valence-electron chi connectivity index (χ0n) is 8.49. The van der Waals surface area contributed by atoms with E-state index in [4.69, 9.17) is 4.74 Å². The average Bonchev–Trinajstić information content (AvgIpc) is 2.19. The smallest absolute Gasteiger partial charge is 0.310 e. The van der Waals surface area contributed by atoms with Crippen LogP contribution in [0.15, 0.2) is 30.3 Å². The summed E-state index contributed by atoms with van der Waals surface area (Å²) in [6.07, 6.45) is 4.30. The number of benzene rings is 1. The molecule has 0 bridgehead atoms. The van der Waals surface area contributed by atoms with Gasteiger partial charge in [-0.1, -0.05) is 31.2 Å². The lowest BCUT2D eigenvalue weighted by Gasteiger charge is -2.02. The number of carbonyl (C=O) groups is 1. The first-order valence-electron chi connectivity index (χ1n) is 4.69. The molecule has 0 aliphatic rings. The molecule has 0 aliphatic carbocycles. The second kappa shape index (κ2) is 5.22. The van der Waals surface area contributed by atoms with Crippen LogP contribution in [0, 0.1) is 0 Å². The van der Waals surface area contributed by atoms with Gasteiger partial charge in [-0.15, -0.1) is 0 Å². The monoisotopic (exact) mass is 190 g/mol. The highest BCUT2D eigenvalue weighted by atomic mass is 16.5. The van der Waals surface area contributed by atoms with Crippen molar-refractivity contribution in [1.82, 2.24) is 0 Å². The van der Waals surface area contributed by atoms with Gasteiger partial charge < -0.3 is 4.74 Å². The van der Waals surface area contributed by atoms with E-state index in [0.717, 1.165) is 5.56 Å². The van der Waals surface area contributed by atoms with Gasteiger partial charge in [0.05, 0.1) is 0 Å². The van der Waals surface area contributed by atoms with Crippen molar-refractivity contribution in [2.75, 3.05) is 0 Å². The van der Waals surface area contributed by atoms with Gasteiger partial charge in [0.25, 0.3) is 0 Å². The van der Waals surface area contributed by atoms with Gasteiger partial charge in [0.2, 0.25) is 0 Å². The topological polar surface area (TPSA) is 26.3 Å². The molecule has 0 atom stereocenters. The molecule has 2 heteroatoms. The summed E-state index contributed by atoms with van der Waals surface area (Å²) in [7, 11) is 0. The molecule has 0 aromatic heterocycles. The Kier molecular flexibility index (Phi) is 3.92. The molecule has 14 heavy (non-hydrogen) atoms. The Morgan fingerprint density at radius 3 is 2.93 bits per heavy atom. The van der Waals surface area contributed by atoms with E-state index in [-0.39, 0.29) is 5.97 Å². The van der Waals surface area contributed by atoms with Gasteiger partial charge >= 0.3 is 5.97 Å². The van der Waals surface area contributed by atoms with Gasteiger partial charge in [0.15, 0.2) is 0 Å². The molecule has 74 valence electrons. The summed E-state index contributed by atoms with van der Waals surface area (Å²) in [5.74, 6) is 0.398. The SMILES string of the molecule is C/C=C/c1cccc(OC(=O)CC)c1. The Bertz CT molecular complexity index is 340. The first kappa shape index (κ1) is 10.5. The van der Waals surface area contributed by atoms with Gasteiger partial charge in [-0.3, -0.25) is 4.79 Å². The number of esters is 1. The van der Waals surface area contributed by atoms with Crippen LogP contribution in [0.5, 0.6) is 5.75 Å². The molecular weight excluding hydrogens is 176 g/mol. The number of ether oxygens (including phenoxy) is 1. The van der Waals surface area contributed by atoms with Crippen LogP contribution in [0.4, 0.5) is 0 Å². The summed E-state index contributed by atoms with van der Waals surface area (Å²) in [5, 5.41) is 0. The summed E-state index contributed by atoms with van der Waals surface area (Å²) in [6.45, 7) is 3.73. The molecule has 0 heterocycles. The molecule has 0 N–H and O–H groups in total. The molecule has 0 unspecified atom stereocenters. The Balaban J connectivity index is 2.78. The predicted octanol–water partition coefficient (Wildman–Crippen LogP) is 3.04. The van der Waals surface area contributed by atoms with Crippen molar-refractivity contribution in [3.63, 3.8) is 0 Å². The highest BCUT2D eigenvalue weighted by molar-refractivity contribution is 5.72. The zero-order valence-corrected chi connectivity index (χ0v) is 8.49. The summed E-state index contributed by atoms with van der Waals surface area (Å²) in [5.41, 5.74) is 1.04. The molecule has 0 saturated carbocycles. The predicted molar refractivity (Wildman–Crippen MR) is 57.1 cm³/mol. The summed E-state index contributed by atoms with van der Waals surface area (Å²) in [4.78, 5) is 11.0. The molecule has 1 aromatic carbocycles. The third-order valence-electron chi connectivity index (χ3n) is 1.74. The number of rotatable bonds is 3. The largest absolute Gasteiger partial charge is 0.427 e. The van der Waals surface area contributed by atoms with Crippen molar-refractivity contribution in [1.29, 1.82) is 0 Å². The molecule has 0 fully saturated rings. The lowest BCUT2D eigenvalue weighted by atomic mass is 10.2. The van der Waals surface area contributed by atoms with Gasteiger partial charge in [-0.05, 0) is 24.6 Å². The molecule has 2 nitrogen and oxygen atoms in total. The third-order valence-corrected chi connectivity index (χ3v) is 1.74. The van der Waals surface area contributed by atoms with E-state index < -0.39 is 0 Å². The van der Waals surface area contributed by atoms with E-state index in [1.165, 1.54) is 0 Å². The maximum absolute atomic E-state index is 11.0. The lowest BCUT2D eigenvalue weighted by Crippen LogP contribution is -2.05. The fourth-order valence-electron chi connectivity index (χ4n) is 1.08. The van der Waals surface area contributed by atoms with Crippen LogP contribution < -0.4 is 4.74 Å². The van der Waals surface area contributed by atoms with Gasteiger partial charge in [-0.25, -0.2) is 0 Å². The molecular formula is C12H14O2. The van der Waals surface area contributed by atoms with Crippen LogP contribution in [0.3, 0.4) is 0 Å². The standard InChI is InChI=1S/C12H14O2/c1-3-6-10-7-5-8-11(9-10)14-12(13)4-2/h3,5-9H,4H2,1-2H3/b6-3+. The quantitative estimate of drug-likeness (QED) is 0.541. The van der Waals surface area contributed by atoms with Crippen molar-refractivity contribution in [3.05, 3.63) is 35.9 Å². The third kappa shape index (κ3) is 3.05. The lowest BCUT2D eigenvalue weighted by molar-refractivity contribution is -0.134. The molecule has 0 radical (unpaired) electrons. The highest BCUT2D eigenvalue weighted by Gasteiger charge is 2.00. The van der Waals surface area contributed by atoms with Crippen LogP contribution in [0.25, 0.3) is 6.08 Å². The van der Waals surface area contributed by atoms with E-state index in [1.807, 2.05) is 37.3 Å². The second-order valence-electron chi connectivity index (χ2n) is 2.90. The minimum Gasteiger partial charge on any atom is -0.427 e.